The van der Waals surface area contributed by atoms with Gasteiger partial charge in [-0.05, 0) is 47.2 Å². The Hall–Kier alpha value is -4.72. The predicted molar refractivity (Wildman–Crippen MR) is 144 cm³/mol. The number of unbranched alkanes of at least 4 members (excludes halogenated alkanes) is 1. The van der Waals surface area contributed by atoms with Crippen LogP contribution in [0.15, 0.2) is 79.0 Å². The minimum atomic E-state index is -1.05. The highest BCUT2D eigenvalue weighted by atomic mass is 16.5. The number of hydrogen-bond donors (Lipinski definition) is 3. The number of aromatic nitrogens is 1. The van der Waals surface area contributed by atoms with Gasteiger partial charge < -0.3 is 20.5 Å². The molecule has 5 rings (SSSR count). The third kappa shape index (κ3) is 5.20. The summed E-state index contributed by atoms with van der Waals surface area (Å²) in [6, 6.07) is 22.8. The molecule has 0 atom stereocenters. The van der Waals surface area contributed by atoms with E-state index in [1.807, 2.05) is 24.3 Å². The number of alkyl carbamates (subject to hydrolysis) is 1. The first-order valence-electron chi connectivity index (χ1n) is 12.5. The molecule has 0 bridgehead atoms. The smallest absolute Gasteiger partial charge is 0.407 e. The SMILES string of the molecule is O=C(CCCCNC(=O)OCC1c2ccccc2-c2ccccc21)Nc1cccc2c(C(=O)O)ccnc12. The van der Waals surface area contributed by atoms with Crippen molar-refractivity contribution >= 4 is 34.6 Å². The number of fused-ring (bicyclic) bond motifs is 4. The molecule has 1 heterocycles. The molecule has 2 amide bonds. The maximum Gasteiger partial charge on any atom is 0.407 e. The normalized spacial score (nSPS) is 12.0. The molecule has 0 fully saturated rings. The van der Waals surface area contributed by atoms with E-state index in [-0.39, 0.29) is 30.4 Å². The van der Waals surface area contributed by atoms with Gasteiger partial charge in [0.2, 0.25) is 5.91 Å². The number of rotatable bonds is 9. The Kier molecular flexibility index (Phi) is 7.31. The third-order valence-electron chi connectivity index (χ3n) is 6.72. The van der Waals surface area contributed by atoms with Crippen LogP contribution in [-0.2, 0) is 9.53 Å². The summed E-state index contributed by atoms with van der Waals surface area (Å²) in [5.74, 6) is -1.25. The van der Waals surface area contributed by atoms with Crippen LogP contribution in [0.4, 0.5) is 10.5 Å². The summed E-state index contributed by atoms with van der Waals surface area (Å²) in [7, 11) is 0. The number of nitrogens with one attached hydrogen (secondary N) is 2. The molecular formula is C30H27N3O5. The standard InChI is InChI=1S/C30H27N3O5/c34-27(33-26-13-7-12-23-24(29(35)36)15-17-31-28(23)26)14-5-6-16-32-30(37)38-18-25-21-10-3-1-8-19(21)20-9-2-4-11-22(20)25/h1-4,7-13,15,17,25H,5-6,14,16,18H2,(H,32,37)(H,33,34)(H,35,36). The van der Waals surface area contributed by atoms with Gasteiger partial charge in [0.25, 0.3) is 0 Å². The molecule has 0 radical (unpaired) electrons. The number of nitrogens with zero attached hydrogens (tertiary/aromatic N) is 1. The first-order valence-corrected chi connectivity index (χ1v) is 12.5. The highest BCUT2D eigenvalue weighted by Crippen LogP contribution is 2.44. The highest BCUT2D eigenvalue weighted by molar-refractivity contribution is 6.08. The summed E-state index contributed by atoms with van der Waals surface area (Å²) < 4.78 is 5.54. The number of aromatic carboxylic acids is 1. The fourth-order valence-electron chi connectivity index (χ4n) is 4.93. The van der Waals surface area contributed by atoms with E-state index in [4.69, 9.17) is 4.74 Å². The predicted octanol–water partition coefficient (Wildman–Crippen LogP) is 5.58. The number of hydrogen-bond acceptors (Lipinski definition) is 5. The average molecular weight is 510 g/mol. The maximum atomic E-state index is 12.5. The first-order chi connectivity index (χ1) is 18.5. The number of ether oxygens (including phenoxy) is 1. The van der Waals surface area contributed by atoms with Crippen LogP contribution < -0.4 is 10.6 Å². The molecule has 1 aliphatic rings. The van der Waals surface area contributed by atoms with Gasteiger partial charge in [0, 0.05) is 30.5 Å². The number of amides is 2. The lowest BCUT2D eigenvalue weighted by atomic mass is 9.98. The van der Waals surface area contributed by atoms with Gasteiger partial charge in [-0.3, -0.25) is 9.78 Å². The van der Waals surface area contributed by atoms with Crippen LogP contribution in [0.25, 0.3) is 22.0 Å². The molecule has 8 heteroatoms. The second-order valence-corrected chi connectivity index (χ2v) is 9.12. The van der Waals surface area contributed by atoms with Crippen LogP contribution in [0.2, 0.25) is 0 Å². The van der Waals surface area contributed by atoms with Gasteiger partial charge in [-0.15, -0.1) is 0 Å². The number of para-hydroxylation sites is 1. The molecule has 38 heavy (non-hydrogen) atoms. The van der Waals surface area contributed by atoms with Crippen molar-refractivity contribution < 1.29 is 24.2 Å². The quantitative estimate of drug-likeness (QED) is 0.254. The van der Waals surface area contributed by atoms with E-state index in [1.165, 1.54) is 23.4 Å². The monoisotopic (exact) mass is 509 g/mol. The van der Waals surface area contributed by atoms with E-state index in [0.29, 0.717) is 36.0 Å². The molecule has 3 N–H and O–H groups in total. The number of carboxylic acid groups (broad SMARTS) is 1. The van der Waals surface area contributed by atoms with Crippen molar-refractivity contribution in [2.75, 3.05) is 18.5 Å². The summed E-state index contributed by atoms with van der Waals surface area (Å²) in [5.41, 5.74) is 5.70. The van der Waals surface area contributed by atoms with Gasteiger partial charge in [-0.25, -0.2) is 9.59 Å². The number of carboxylic acids is 1. The third-order valence-corrected chi connectivity index (χ3v) is 6.72. The van der Waals surface area contributed by atoms with Crippen LogP contribution in [0.5, 0.6) is 0 Å². The van der Waals surface area contributed by atoms with Gasteiger partial charge in [0.05, 0.1) is 16.8 Å². The molecule has 4 aromatic rings. The maximum absolute atomic E-state index is 12.5. The van der Waals surface area contributed by atoms with Gasteiger partial charge in [-0.2, -0.15) is 0 Å². The largest absolute Gasteiger partial charge is 0.478 e. The van der Waals surface area contributed by atoms with E-state index in [0.717, 1.165) is 11.1 Å². The van der Waals surface area contributed by atoms with Crippen LogP contribution >= 0.6 is 0 Å². The molecule has 8 nitrogen and oxygen atoms in total. The molecule has 0 spiro atoms. The van der Waals surface area contributed by atoms with Gasteiger partial charge in [0.15, 0.2) is 0 Å². The van der Waals surface area contributed by atoms with Crippen LogP contribution in [0.1, 0.15) is 46.7 Å². The molecule has 192 valence electrons. The second-order valence-electron chi connectivity index (χ2n) is 9.12. The lowest BCUT2D eigenvalue weighted by molar-refractivity contribution is -0.116. The van der Waals surface area contributed by atoms with Crippen molar-refractivity contribution in [3.63, 3.8) is 0 Å². The molecule has 3 aromatic carbocycles. The summed E-state index contributed by atoms with van der Waals surface area (Å²) in [5, 5.41) is 15.4. The summed E-state index contributed by atoms with van der Waals surface area (Å²) in [4.78, 5) is 40.4. The molecular weight excluding hydrogens is 482 g/mol. The van der Waals surface area contributed by atoms with Crippen molar-refractivity contribution in [2.24, 2.45) is 0 Å². The Morgan fingerprint density at radius 3 is 2.29 bits per heavy atom. The summed E-state index contributed by atoms with van der Waals surface area (Å²) in [6.45, 7) is 0.646. The number of pyridine rings is 1. The van der Waals surface area contributed by atoms with Crippen LogP contribution in [-0.4, -0.2) is 41.2 Å². The van der Waals surface area contributed by atoms with Crippen LogP contribution in [0.3, 0.4) is 0 Å². The zero-order chi connectivity index (χ0) is 26.5. The second kappa shape index (κ2) is 11.1. The molecule has 0 saturated heterocycles. The van der Waals surface area contributed by atoms with Crippen molar-refractivity contribution in [3.05, 3.63) is 95.7 Å². The van der Waals surface area contributed by atoms with Crippen molar-refractivity contribution in [2.45, 2.75) is 25.2 Å². The van der Waals surface area contributed by atoms with Gasteiger partial charge in [0.1, 0.15) is 6.61 Å². The van der Waals surface area contributed by atoms with E-state index in [1.54, 1.807) is 18.2 Å². The lowest BCUT2D eigenvalue weighted by Gasteiger charge is -2.14. The Balaban J connectivity index is 1.06. The van der Waals surface area contributed by atoms with Gasteiger partial charge in [-0.1, -0.05) is 60.7 Å². The van der Waals surface area contributed by atoms with Crippen molar-refractivity contribution in [1.82, 2.24) is 10.3 Å². The minimum absolute atomic E-state index is 0.00646. The Bertz CT molecular complexity index is 1470. The van der Waals surface area contributed by atoms with Crippen molar-refractivity contribution in [1.29, 1.82) is 0 Å². The number of carbonyl (C=O) groups excluding carboxylic acids is 2. The molecule has 0 unspecified atom stereocenters. The fourth-order valence-corrected chi connectivity index (χ4v) is 4.93. The topological polar surface area (TPSA) is 118 Å². The van der Waals surface area contributed by atoms with Crippen LogP contribution in [0, 0.1) is 0 Å². The number of benzene rings is 3. The summed E-state index contributed by atoms with van der Waals surface area (Å²) in [6.07, 6.45) is 2.35. The van der Waals surface area contributed by atoms with E-state index in [9.17, 15) is 19.5 Å². The zero-order valence-corrected chi connectivity index (χ0v) is 20.6. The van der Waals surface area contributed by atoms with E-state index in [2.05, 4.69) is 39.9 Å². The Labute approximate surface area is 219 Å². The highest BCUT2D eigenvalue weighted by Gasteiger charge is 2.28. The van der Waals surface area contributed by atoms with E-state index >= 15 is 0 Å². The first kappa shape index (κ1) is 25.0. The number of anilines is 1. The average Bonchev–Trinajstić information content (AvgIpc) is 3.25. The molecule has 1 aliphatic carbocycles. The fraction of sp³-hybridized carbons (Fsp3) is 0.200. The Morgan fingerprint density at radius 1 is 0.868 bits per heavy atom. The van der Waals surface area contributed by atoms with Gasteiger partial charge >= 0.3 is 12.1 Å². The molecule has 0 aliphatic heterocycles. The number of carbonyl (C=O) groups is 3. The molecule has 1 aromatic heterocycles. The van der Waals surface area contributed by atoms with Crippen molar-refractivity contribution in [3.8, 4) is 11.1 Å². The molecule has 0 saturated carbocycles. The lowest BCUT2D eigenvalue weighted by Crippen LogP contribution is -2.27. The minimum Gasteiger partial charge on any atom is -0.478 e. The van der Waals surface area contributed by atoms with E-state index < -0.39 is 12.1 Å². The zero-order valence-electron chi connectivity index (χ0n) is 20.6. The summed E-state index contributed by atoms with van der Waals surface area (Å²) >= 11 is 0. The Morgan fingerprint density at radius 2 is 1.58 bits per heavy atom.